The van der Waals surface area contributed by atoms with Gasteiger partial charge in [0.2, 0.25) is 0 Å². The van der Waals surface area contributed by atoms with Crippen LogP contribution in [0.15, 0.2) is 63.8 Å². The Hall–Kier alpha value is -3.91. The second-order valence-corrected chi connectivity index (χ2v) is 12.1. The van der Waals surface area contributed by atoms with E-state index in [1.54, 1.807) is 24.3 Å². The summed E-state index contributed by atoms with van der Waals surface area (Å²) in [6.07, 6.45) is 7.49. The van der Waals surface area contributed by atoms with Crippen LogP contribution < -0.4 is 16.1 Å². The molecular weight excluding hydrogens is 512 g/mol. The number of carboxylic acids is 1. The van der Waals surface area contributed by atoms with Gasteiger partial charge in [-0.15, -0.1) is 0 Å². The molecule has 2 aromatic carbocycles. The zero-order chi connectivity index (χ0) is 26.9. The Morgan fingerprint density at radius 2 is 1.62 bits per heavy atom. The smallest absolute Gasteiger partial charge is 0.336 e. The molecule has 4 fully saturated rings. The van der Waals surface area contributed by atoms with E-state index in [2.05, 4.69) is 10.6 Å². The molecule has 0 radical (unpaired) electrons. The number of nitrogens with one attached hydrogen (secondary N) is 2. The molecule has 7 nitrogen and oxygen atoms in total. The highest BCUT2D eigenvalue weighted by atomic mass is 32.1. The van der Waals surface area contributed by atoms with Crippen LogP contribution in [-0.4, -0.2) is 26.8 Å². The lowest BCUT2D eigenvalue weighted by molar-refractivity contribution is -0.00972. The van der Waals surface area contributed by atoms with E-state index in [-0.39, 0.29) is 22.3 Å². The summed E-state index contributed by atoms with van der Waals surface area (Å²) in [5, 5.41) is 28.3. The molecule has 198 valence electrons. The number of fused-ring (bicyclic) bond motifs is 2. The van der Waals surface area contributed by atoms with E-state index in [4.69, 9.17) is 16.6 Å². The van der Waals surface area contributed by atoms with Crippen LogP contribution in [-0.2, 0) is 0 Å². The summed E-state index contributed by atoms with van der Waals surface area (Å²) in [5.41, 5.74) is 2.55. The lowest BCUT2D eigenvalue weighted by Gasteiger charge is -2.57. The van der Waals surface area contributed by atoms with Gasteiger partial charge in [0.25, 0.3) is 0 Å². The molecule has 0 unspecified atom stereocenters. The first-order chi connectivity index (χ1) is 18.7. The Morgan fingerprint density at radius 1 is 0.923 bits per heavy atom. The van der Waals surface area contributed by atoms with Gasteiger partial charge < -0.3 is 25.3 Å². The number of carboxylic acid groups (broad SMARTS) is 1. The number of carbonyl (C=O) groups is 1. The first-order valence-corrected chi connectivity index (χ1v) is 13.8. The lowest BCUT2D eigenvalue weighted by atomic mass is 9.53. The summed E-state index contributed by atoms with van der Waals surface area (Å²) in [6, 6.07) is 14.3. The van der Waals surface area contributed by atoms with Crippen LogP contribution in [0.2, 0.25) is 0 Å². The summed E-state index contributed by atoms with van der Waals surface area (Å²) in [6.45, 7) is 0. The number of phenols is 1. The van der Waals surface area contributed by atoms with Gasteiger partial charge in [-0.3, -0.25) is 4.79 Å². The van der Waals surface area contributed by atoms with Crippen LogP contribution in [0, 0.1) is 17.8 Å². The van der Waals surface area contributed by atoms with Gasteiger partial charge in [-0.2, -0.15) is 0 Å². The fourth-order valence-corrected chi connectivity index (χ4v) is 8.17. The van der Waals surface area contributed by atoms with E-state index in [1.165, 1.54) is 43.5 Å². The molecule has 8 rings (SSSR count). The van der Waals surface area contributed by atoms with Crippen molar-refractivity contribution in [3.63, 3.8) is 0 Å². The third-order valence-corrected chi connectivity index (χ3v) is 9.08. The van der Waals surface area contributed by atoms with Gasteiger partial charge in [0.15, 0.2) is 10.5 Å². The van der Waals surface area contributed by atoms with Gasteiger partial charge in [-0.1, -0.05) is 6.07 Å². The van der Waals surface area contributed by atoms with Gasteiger partial charge in [0, 0.05) is 39.9 Å². The van der Waals surface area contributed by atoms with E-state index in [0.29, 0.717) is 44.2 Å². The fraction of sp³-hybridized carbons (Fsp3) is 0.323. The third-order valence-electron chi connectivity index (χ3n) is 8.87. The SMILES string of the molecule is O=C(O)c1cc(NC(=S)NC23CC4CC(CC(C4)C2)C3)ccc1-c1c2ccc(=O)cc-2oc2cc(O)ccc12. The highest BCUT2D eigenvalue weighted by Gasteiger charge is 2.51. The molecular formula is C31H28N2O5S. The minimum atomic E-state index is -1.09. The molecule has 5 aliphatic carbocycles. The van der Waals surface area contributed by atoms with Crippen molar-refractivity contribution in [2.45, 2.75) is 44.1 Å². The Kier molecular flexibility index (Phi) is 5.46. The Balaban J connectivity index is 1.25. The molecule has 2 aromatic rings. The van der Waals surface area contributed by atoms with Crippen molar-refractivity contribution >= 4 is 40.0 Å². The van der Waals surface area contributed by atoms with Gasteiger partial charge in [-0.05, 0) is 110 Å². The minimum Gasteiger partial charge on any atom is -0.508 e. The monoisotopic (exact) mass is 540 g/mol. The van der Waals surface area contributed by atoms with E-state index >= 15 is 0 Å². The quantitative estimate of drug-likeness (QED) is 0.178. The van der Waals surface area contributed by atoms with Crippen molar-refractivity contribution < 1.29 is 19.4 Å². The largest absolute Gasteiger partial charge is 0.508 e. The Labute approximate surface area is 230 Å². The summed E-state index contributed by atoms with van der Waals surface area (Å²) < 4.78 is 5.92. The minimum absolute atomic E-state index is 0.00729. The first kappa shape index (κ1) is 24.2. The second kappa shape index (κ2) is 8.81. The van der Waals surface area contributed by atoms with Crippen LogP contribution in [0.25, 0.3) is 33.4 Å². The number of hydrogen-bond acceptors (Lipinski definition) is 5. The molecule has 4 N–H and O–H groups in total. The van der Waals surface area contributed by atoms with Crippen LogP contribution in [0.1, 0.15) is 48.9 Å². The second-order valence-electron chi connectivity index (χ2n) is 11.7. The summed E-state index contributed by atoms with van der Waals surface area (Å²) in [7, 11) is 0. The van der Waals surface area contributed by atoms with Crippen molar-refractivity contribution in [2.24, 2.45) is 17.8 Å². The highest BCUT2D eigenvalue weighted by Crippen LogP contribution is 2.55. The molecule has 0 aromatic heterocycles. The molecule has 0 amide bonds. The third kappa shape index (κ3) is 4.23. The zero-order valence-electron chi connectivity index (χ0n) is 21.2. The summed E-state index contributed by atoms with van der Waals surface area (Å²) in [5.74, 6) is 1.59. The standard InChI is InChI=1S/C31H28N2O5S/c34-20-2-5-23-26(11-20)38-27-12-21(35)3-6-24(27)28(23)22-4-1-19(10-25(22)29(36)37)32-30(39)33-31-13-16-7-17(14-31)9-18(8-16)15-31/h1-6,10-12,16-18,34H,7-9,13-15H2,(H,36,37)(H2,32,33,39). The number of aromatic hydroxyl groups is 1. The average molecular weight is 541 g/mol. The molecule has 39 heavy (non-hydrogen) atoms. The van der Waals surface area contributed by atoms with Gasteiger partial charge >= 0.3 is 5.97 Å². The highest BCUT2D eigenvalue weighted by molar-refractivity contribution is 7.80. The summed E-state index contributed by atoms with van der Waals surface area (Å²) >= 11 is 5.72. The molecule has 1 aliphatic heterocycles. The Morgan fingerprint density at radius 3 is 2.31 bits per heavy atom. The topological polar surface area (TPSA) is 112 Å². The fourth-order valence-electron chi connectivity index (χ4n) is 7.83. The maximum Gasteiger partial charge on any atom is 0.336 e. The van der Waals surface area contributed by atoms with Crippen molar-refractivity contribution in [1.29, 1.82) is 0 Å². The van der Waals surface area contributed by atoms with Crippen molar-refractivity contribution in [2.75, 3.05) is 5.32 Å². The van der Waals surface area contributed by atoms with E-state index < -0.39 is 5.97 Å². The number of rotatable bonds is 4. The molecule has 1 heterocycles. The van der Waals surface area contributed by atoms with Gasteiger partial charge in [0.1, 0.15) is 17.1 Å². The number of phenolic OH excluding ortho intramolecular Hbond substituents is 1. The summed E-state index contributed by atoms with van der Waals surface area (Å²) in [4.78, 5) is 24.6. The van der Waals surface area contributed by atoms with Crippen molar-refractivity contribution in [3.8, 4) is 28.2 Å². The van der Waals surface area contributed by atoms with Crippen LogP contribution >= 0.6 is 12.2 Å². The van der Waals surface area contributed by atoms with E-state index in [9.17, 15) is 19.8 Å². The van der Waals surface area contributed by atoms with E-state index in [1.807, 2.05) is 6.07 Å². The normalized spacial score (nSPS) is 25.2. The molecule has 0 atom stereocenters. The van der Waals surface area contributed by atoms with Crippen molar-refractivity contribution in [3.05, 3.63) is 70.4 Å². The van der Waals surface area contributed by atoms with Crippen LogP contribution in [0.3, 0.4) is 0 Å². The van der Waals surface area contributed by atoms with Crippen LogP contribution in [0.4, 0.5) is 5.69 Å². The average Bonchev–Trinajstić information content (AvgIpc) is 2.86. The van der Waals surface area contributed by atoms with Crippen molar-refractivity contribution in [1.82, 2.24) is 5.32 Å². The number of hydrogen-bond donors (Lipinski definition) is 4. The van der Waals surface area contributed by atoms with Gasteiger partial charge in [0.05, 0.1) is 5.56 Å². The molecule has 0 spiro atoms. The zero-order valence-corrected chi connectivity index (χ0v) is 22.0. The number of thiocarbonyl (C=S) groups is 1. The number of anilines is 1. The predicted octanol–water partition coefficient (Wildman–Crippen LogP) is 6.22. The molecule has 6 aliphatic rings. The number of aromatic carboxylic acids is 1. The Bertz CT molecular complexity index is 1660. The lowest BCUT2D eigenvalue weighted by Crippen LogP contribution is -2.60. The molecule has 4 saturated carbocycles. The first-order valence-electron chi connectivity index (χ1n) is 13.4. The maximum atomic E-state index is 12.5. The molecule has 0 saturated heterocycles. The van der Waals surface area contributed by atoms with Gasteiger partial charge in [-0.25, -0.2) is 4.79 Å². The van der Waals surface area contributed by atoms with E-state index in [0.717, 1.165) is 37.0 Å². The number of benzene rings is 3. The van der Waals surface area contributed by atoms with Crippen LogP contribution in [0.5, 0.6) is 5.75 Å². The maximum absolute atomic E-state index is 12.5. The predicted molar refractivity (Wildman–Crippen MR) is 153 cm³/mol. The molecule has 8 heteroatoms. The molecule has 4 bridgehead atoms.